The van der Waals surface area contributed by atoms with Gasteiger partial charge in [0.2, 0.25) is 23.6 Å². The van der Waals surface area contributed by atoms with Crippen molar-refractivity contribution in [3.63, 3.8) is 0 Å². The van der Waals surface area contributed by atoms with E-state index >= 15 is 0 Å². The van der Waals surface area contributed by atoms with Gasteiger partial charge < -0.3 is 92.0 Å². The summed E-state index contributed by atoms with van der Waals surface area (Å²) in [5.41, 5.74) is -7.16. The van der Waals surface area contributed by atoms with Crippen molar-refractivity contribution >= 4 is 23.6 Å². The van der Waals surface area contributed by atoms with E-state index in [2.05, 4.69) is 21.3 Å². The monoisotopic (exact) mass is 894 g/mol. The first-order valence-corrected chi connectivity index (χ1v) is 20.6. The predicted octanol–water partition coefficient (Wildman–Crippen LogP) is -5.09. The number of carbonyl (C=O) groups excluding carboxylic acids is 4. The molecule has 0 aromatic heterocycles. The van der Waals surface area contributed by atoms with Crippen LogP contribution >= 0.6 is 0 Å². The van der Waals surface area contributed by atoms with Crippen molar-refractivity contribution in [1.82, 2.24) is 21.3 Å². The summed E-state index contributed by atoms with van der Waals surface area (Å²) < 4.78 is 11.6. The number of nitrogens with one attached hydrogen (secondary N) is 4. The molecule has 1 rings (SSSR count). The molecule has 0 aliphatic heterocycles. The van der Waals surface area contributed by atoms with Gasteiger partial charge in [-0.25, -0.2) is 0 Å². The molecule has 0 spiro atoms. The molecule has 1 aromatic rings. The summed E-state index contributed by atoms with van der Waals surface area (Å²) >= 11 is 0. The molecule has 0 aliphatic rings. The summed E-state index contributed by atoms with van der Waals surface area (Å²) in [5.74, 6) is -5.23. The van der Waals surface area contributed by atoms with E-state index in [9.17, 15) is 80.5 Å². The van der Waals surface area contributed by atoms with E-state index in [0.717, 1.165) is 0 Å². The summed E-state index contributed by atoms with van der Waals surface area (Å²) in [6.07, 6.45) is 4.52. The lowest BCUT2D eigenvalue weighted by molar-refractivity contribution is -0.141. The molecular formula is C40H70N4O18. The van der Waals surface area contributed by atoms with Crippen LogP contribution in [0, 0.1) is 11.8 Å². The lowest BCUT2D eigenvalue weighted by atomic mass is 9.94. The fourth-order valence-electron chi connectivity index (χ4n) is 5.85. The van der Waals surface area contributed by atoms with Crippen molar-refractivity contribution < 1.29 is 89.9 Å². The second kappa shape index (κ2) is 29.6. The normalized spacial score (nSPS) is 12.4. The highest BCUT2D eigenvalue weighted by Gasteiger charge is 2.40. The zero-order valence-corrected chi connectivity index (χ0v) is 35.3. The number of hydrogen-bond donors (Lipinski definition) is 16. The number of benzene rings is 1. The van der Waals surface area contributed by atoms with Gasteiger partial charge in [0.1, 0.15) is 45.5 Å². The minimum Gasteiger partial charge on any atom is -0.494 e. The van der Waals surface area contributed by atoms with E-state index in [4.69, 9.17) is 9.47 Å². The molecule has 0 fully saturated rings. The number of aliphatic hydroxyl groups is 12. The summed E-state index contributed by atoms with van der Waals surface area (Å²) in [6.45, 7) is -9.00. The average molecular weight is 895 g/mol. The van der Waals surface area contributed by atoms with Crippen LogP contribution < -0.4 is 30.7 Å². The molecule has 0 unspecified atom stereocenters. The van der Waals surface area contributed by atoms with E-state index in [1.54, 1.807) is 24.3 Å². The molecule has 0 saturated heterocycles. The second-order valence-electron chi connectivity index (χ2n) is 15.7. The molecule has 1 aromatic carbocycles. The van der Waals surface area contributed by atoms with Crippen molar-refractivity contribution in [2.24, 2.45) is 11.8 Å². The van der Waals surface area contributed by atoms with Crippen LogP contribution in [0.4, 0.5) is 0 Å². The lowest BCUT2D eigenvalue weighted by Crippen LogP contribution is -2.62. The van der Waals surface area contributed by atoms with Crippen LogP contribution in [0.1, 0.15) is 64.2 Å². The zero-order chi connectivity index (χ0) is 46.7. The van der Waals surface area contributed by atoms with Gasteiger partial charge in [-0.3, -0.25) is 19.2 Å². The van der Waals surface area contributed by atoms with Crippen LogP contribution in [0.5, 0.6) is 11.5 Å². The zero-order valence-electron chi connectivity index (χ0n) is 35.3. The summed E-state index contributed by atoms with van der Waals surface area (Å²) in [5, 5.41) is 125. The molecule has 4 amide bonds. The molecule has 16 N–H and O–H groups in total. The van der Waals surface area contributed by atoms with E-state index in [0.29, 0.717) is 76.1 Å². The van der Waals surface area contributed by atoms with Crippen molar-refractivity contribution in [3.05, 3.63) is 24.3 Å². The molecule has 0 aliphatic carbocycles. The molecule has 0 saturated carbocycles. The van der Waals surface area contributed by atoms with Gasteiger partial charge in [0.05, 0.1) is 92.5 Å². The largest absolute Gasteiger partial charge is 0.494 e. The van der Waals surface area contributed by atoms with Gasteiger partial charge in [-0.2, -0.15) is 0 Å². The molecule has 22 heteroatoms. The fourth-order valence-corrected chi connectivity index (χ4v) is 5.85. The third-order valence-electron chi connectivity index (χ3n) is 10.6. The molecule has 22 nitrogen and oxygen atoms in total. The Labute approximate surface area is 360 Å². The topological polar surface area (TPSA) is 378 Å². The maximum Gasteiger partial charge on any atom is 0.233 e. The number of unbranched alkanes of at least 4 members (excludes halogenated alkanes) is 6. The number of carbonyl (C=O) groups is 4. The number of amides is 4. The Bertz CT molecular complexity index is 1220. The lowest BCUT2D eigenvalue weighted by Gasteiger charge is -2.33. The summed E-state index contributed by atoms with van der Waals surface area (Å²) in [4.78, 5) is 52.3. The van der Waals surface area contributed by atoms with Crippen LogP contribution in [0.2, 0.25) is 0 Å². The van der Waals surface area contributed by atoms with Gasteiger partial charge in [0.25, 0.3) is 0 Å². The minimum absolute atomic E-state index is 0.00438. The van der Waals surface area contributed by atoms with Crippen molar-refractivity contribution in [3.8, 4) is 11.5 Å². The first kappa shape index (κ1) is 56.2. The Morgan fingerprint density at radius 1 is 0.371 bits per heavy atom. The fraction of sp³-hybridized carbons (Fsp3) is 0.750. The van der Waals surface area contributed by atoms with Crippen LogP contribution in [0.15, 0.2) is 24.3 Å². The van der Waals surface area contributed by atoms with Crippen LogP contribution in [0.3, 0.4) is 0 Å². The van der Waals surface area contributed by atoms with Crippen molar-refractivity contribution in [1.29, 1.82) is 0 Å². The maximum atomic E-state index is 13.1. The van der Waals surface area contributed by atoms with E-state index < -0.39 is 137 Å². The van der Waals surface area contributed by atoms with Gasteiger partial charge in [-0.1, -0.05) is 38.5 Å². The Hall–Kier alpha value is -3.78. The standard InChI is InChI=1S/C40H70N4O18/c45-17-37(18-46,19-47)41-33(57)31(34(58)42-38(20-48,21-49)22-50)9-5-1-3-7-15-61-29-11-13-30(14-12-29)62-16-8-4-2-6-10-32(35(59)43-39(23-51,24-52)25-53)36(60)44-40(26-54,27-55)28-56/h11-14,31-32,45-56H,1-10,15-28H2,(H,41,57)(H,42,58)(H,43,59)(H,44,60). The second-order valence-corrected chi connectivity index (χ2v) is 15.7. The first-order chi connectivity index (χ1) is 29.7. The summed E-state index contributed by atoms with van der Waals surface area (Å²) in [6, 6.07) is 6.95. The number of rotatable bonds is 36. The van der Waals surface area contributed by atoms with Gasteiger partial charge in [-0.15, -0.1) is 0 Å². The van der Waals surface area contributed by atoms with E-state index in [-0.39, 0.29) is 12.8 Å². The van der Waals surface area contributed by atoms with Crippen molar-refractivity contribution in [2.75, 3.05) is 92.5 Å². The number of hydrogen-bond acceptors (Lipinski definition) is 18. The molecule has 0 atom stereocenters. The quantitative estimate of drug-likeness (QED) is 0.0221. The number of ether oxygens (including phenoxy) is 2. The highest BCUT2D eigenvalue weighted by Crippen LogP contribution is 2.21. The average Bonchev–Trinajstić information content (AvgIpc) is 3.30. The Kier molecular flexibility index (Phi) is 26.8. The molecule has 62 heavy (non-hydrogen) atoms. The first-order valence-electron chi connectivity index (χ1n) is 20.6. The third-order valence-corrected chi connectivity index (χ3v) is 10.6. The molecule has 0 radical (unpaired) electrons. The minimum atomic E-state index is -1.79. The van der Waals surface area contributed by atoms with Gasteiger partial charge >= 0.3 is 0 Å². The van der Waals surface area contributed by atoms with Crippen LogP contribution in [0.25, 0.3) is 0 Å². The van der Waals surface area contributed by atoms with Crippen molar-refractivity contribution in [2.45, 2.75) is 86.4 Å². The smallest absolute Gasteiger partial charge is 0.233 e. The number of aliphatic hydroxyl groups excluding tert-OH is 12. The van der Waals surface area contributed by atoms with Gasteiger partial charge in [-0.05, 0) is 49.9 Å². The Morgan fingerprint density at radius 3 is 0.790 bits per heavy atom. The maximum absolute atomic E-state index is 13.1. The van der Waals surface area contributed by atoms with Crippen LogP contribution in [-0.4, -0.2) is 200 Å². The Balaban J connectivity index is 2.59. The molecule has 0 bridgehead atoms. The Morgan fingerprint density at radius 2 is 0.581 bits per heavy atom. The predicted molar refractivity (Wildman–Crippen MR) is 219 cm³/mol. The van der Waals surface area contributed by atoms with Crippen LogP contribution in [-0.2, 0) is 19.2 Å². The highest BCUT2D eigenvalue weighted by atomic mass is 16.5. The highest BCUT2D eigenvalue weighted by molar-refractivity contribution is 6.01. The molecule has 0 heterocycles. The van der Waals surface area contributed by atoms with E-state index in [1.807, 2.05) is 0 Å². The van der Waals surface area contributed by atoms with E-state index in [1.165, 1.54) is 0 Å². The molecular weight excluding hydrogens is 824 g/mol. The molecule has 358 valence electrons. The third kappa shape index (κ3) is 17.8. The summed E-state index contributed by atoms with van der Waals surface area (Å²) in [7, 11) is 0. The van der Waals surface area contributed by atoms with Gasteiger partial charge in [0.15, 0.2) is 0 Å². The SMILES string of the molecule is O=C(NC(CO)(CO)CO)C(CCCCCCOc1ccc(OCCCCCCC(C(=O)NC(CO)(CO)CO)C(=O)NC(CO)(CO)CO)cc1)C(=O)NC(CO)(CO)CO. The van der Waals surface area contributed by atoms with Gasteiger partial charge in [0, 0.05) is 0 Å².